The molecule has 1 atom stereocenters. The molecule has 0 spiro atoms. The van der Waals surface area contributed by atoms with E-state index in [4.69, 9.17) is 5.11 Å². The minimum absolute atomic E-state index is 0.263. The lowest BCUT2D eigenvalue weighted by Crippen LogP contribution is -2.59. The Morgan fingerprint density at radius 1 is 1.18 bits per heavy atom. The molecule has 22 heavy (non-hydrogen) atoms. The van der Waals surface area contributed by atoms with Crippen LogP contribution in [-0.2, 0) is 19.1 Å². The first-order valence-electron chi connectivity index (χ1n) is 5.53. The quantitative estimate of drug-likeness (QED) is 0.480. The topological polar surface area (TPSA) is 80.7 Å². The van der Waals surface area contributed by atoms with Gasteiger partial charge in [0.05, 0.1) is 6.42 Å². The maximum absolute atomic E-state index is 12.4. The second-order valence-electron chi connectivity index (χ2n) is 4.51. The third-order valence-electron chi connectivity index (χ3n) is 2.82. The van der Waals surface area contributed by atoms with Crippen molar-refractivity contribution in [2.24, 2.45) is 5.92 Å². The van der Waals surface area contributed by atoms with Crippen LogP contribution in [-0.4, -0.2) is 40.6 Å². The zero-order valence-electron chi connectivity index (χ0n) is 10.7. The number of esters is 1. The van der Waals surface area contributed by atoms with Gasteiger partial charge in [-0.3, -0.25) is 14.4 Å². The molecule has 5 nitrogen and oxygen atoms in total. The summed E-state index contributed by atoms with van der Waals surface area (Å²) >= 11 is 0. The molecule has 1 rings (SSSR count). The van der Waals surface area contributed by atoms with Crippen LogP contribution >= 0.6 is 0 Å². The molecule has 0 saturated carbocycles. The highest BCUT2D eigenvalue weighted by Gasteiger charge is 2.71. The zero-order valence-corrected chi connectivity index (χ0v) is 10.7. The summed E-state index contributed by atoms with van der Waals surface area (Å²) in [6, 6.07) is 0. The number of rotatable bonds is 3. The molecule has 0 bridgehead atoms. The molecule has 0 fully saturated rings. The molecular formula is C11H8F6O5. The Bertz CT molecular complexity index is 530. The van der Waals surface area contributed by atoms with E-state index in [0.717, 1.165) is 6.92 Å². The monoisotopic (exact) mass is 334 g/mol. The van der Waals surface area contributed by atoms with Crippen molar-refractivity contribution in [3.05, 3.63) is 11.8 Å². The molecular weight excluding hydrogens is 326 g/mol. The Balaban J connectivity index is 3.14. The van der Waals surface area contributed by atoms with Gasteiger partial charge in [0, 0.05) is 6.08 Å². The van der Waals surface area contributed by atoms with E-state index in [9.17, 15) is 40.7 Å². The van der Waals surface area contributed by atoms with E-state index in [1.807, 2.05) is 0 Å². The fourth-order valence-corrected chi connectivity index (χ4v) is 1.65. The van der Waals surface area contributed by atoms with Gasteiger partial charge in [0.15, 0.2) is 17.5 Å². The summed E-state index contributed by atoms with van der Waals surface area (Å²) in [4.78, 5) is 34.2. The highest BCUT2D eigenvalue weighted by molar-refractivity contribution is 6.22. The molecule has 0 aliphatic carbocycles. The second kappa shape index (κ2) is 5.38. The van der Waals surface area contributed by atoms with Crippen molar-refractivity contribution in [1.29, 1.82) is 0 Å². The summed E-state index contributed by atoms with van der Waals surface area (Å²) < 4.78 is 79.0. The number of carbonyl (C=O) groups excluding carboxylic acids is 3. The molecule has 1 N–H and O–H groups in total. The first kappa shape index (κ1) is 18.1. The zero-order chi connectivity index (χ0) is 17.5. The van der Waals surface area contributed by atoms with Crippen molar-refractivity contribution in [1.82, 2.24) is 0 Å². The maximum Gasteiger partial charge on any atom is 0.426 e. The number of alkyl halides is 6. The number of Topliss-reactive ketones (excluding diaryl/α,β-unsaturated/α-hetero) is 1. The molecule has 0 aromatic rings. The van der Waals surface area contributed by atoms with E-state index in [1.54, 1.807) is 0 Å². The molecule has 0 saturated heterocycles. The molecule has 0 aromatic heterocycles. The average molecular weight is 334 g/mol. The smallest absolute Gasteiger partial charge is 0.426 e. The number of ether oxygens (including phenoxy) is 1. The van der Waals surface area contributed by atoms with E-state index < -0.39 is 47.8 Å². The van der Waals surface area contributed by atoms with Gasteiger partial charge in [0.1, 0.15) is 5.76 Å². The van der Waals surface area contributed by atoms with Crippen LogP contribution in [0.3, 0.4) is 0 Å². The Labute approximate surface area is 118 Å². The number of carbonyl (C=O) groups is 3. The van der Waals surface area contributed by atoms with E-state index in [-0.39, 0.29) is 5.76 Å². The first-order chi connectivity index (χ1) is 9.70. The van der Waals surface area contributed by atoms with Gasteiger partial charge in [-0.1, -0.05) is 0 Å². The average Bonchev–Trinajstić information content (AvgIpc) is 2.23. The van der Waals surface area contributed by atoms with Crippen molar-refractivity contribution < 1.29 is 50.6 Å². The second-order valence-corrected chi connectivity index (χ2v) is 4.51. The number of allylic oxidation sites excluding steroid dienone is 2. The minimum Gasteiger partial charge on any atom is -0.430 e. The number of hydrogen-bond donors (Lipinski definition) is 1. The summed E-state index contributed by atoms with van der Waals surface area (Å²) in [5, 5.41) is 8.86. The maximum atomic E-state index is 12.4. The van der Waals surface area contributed by atoms with Crippen LogP contribution in [0.25, 0.3) is 0 Å². The predicted molar refractivity (Wildman–Crippen MR) is 55.0 cm³/mol. The summed E-state index contributed by atoms with van der Waals surface area (Å²) in [5.41, 5.74) is -5.37. The summed E-state index contributed by atoms with van der Waals surface area (Å²) in [6.45, 7) is 1.12. The number of aliphatic hydroxyl groups is 1. The number of cyclic esters (lactones) is 1. The van der Waals surface area contributed by atoms with Gasteiger partial charge in [0.25, 0.3) is 5.60 Å². The summed E-state index contributed by atoms with van der Waals surface area (Å²) in [7, 11) is 0. The lowest BCUT2D eigenvalue weighted by atomic mass is 9.87. The Hall–Kier alpha value is -1.91. The highest BCUT2D eigenvalue weighted by atomic mass is 19.4. The SMILES string of the molecule is CC1=CC(=O)C(C(=O)CC(O)(C(F)(F)F)C(F)(F)F)C(=O)O1. The van der Waals surface area contributed by atoms with Gasteiger partial charge >= 0.3 is 18.3 Å². The van der Waals surface area contributed by atoms with Crippen LogP contribution in [0.15, 0.2) is 11.8 Å². The molecule has 1 aliphatic rings. The molecule has 124 valence electrons. The van der Waals surface area contributed by atoms with Crippen LogP contribution in [0.4, 0.5) is 26.3 Å². The fourth-order valence-electron chi connectivity index (χ4n) is 1.65. The van der Waals surface area contributed by atoms with Crippen LogP contribution in [0, 0.1) is 5.92 Å². The van der Waals surface area contributed by atoms with Crippen LogP contribution in [0.1, 0.15) is 13.3 Å². The van der Waals surface area contributed by atoms with E-state index in [2.05, 4.69) is 4.74 Å². The molecule has 11 heteroatoms. The standard InChI is InChI=1S/C11H8F6O5/c1-4-2-5(18)7(8(20)22-4)6(19)3-9(21,10(12,13)14)11(15,16)17/h2,7,21H,3H2,1H3. The lowest BCUT2D eigenvalue weighted by Gasteiger charge is -2.32. The molecule has 0 amide bonds. The number of hydrogen-bond acceptors (Lipinski definition) is 5. The molecule has 0 radical (unpaired) electrons. The lowest BCUT2D eigenvalue weighted by molar-refractivity contribution is -0.367. The van der Waals surface area contributed by atoms with Gasteiger partial charge in [0.2, 0.25) is 0 Å². The Kier molecular flexibility index (Phi) is 4.43. The molecule has 1 aliphatic heterocycles. The van der Waals surface area contributed by atoms with Gasteiger partial charge in [-0.15, -0.1) is 0 Å². The third kappa shape index (κ3) is 3.13. The van der Waals surface area contributed by atoms with Crippen molar-refractivity contribution in [2.45, 2.75) is 31.3 Å². The predicted octanol–water partition coefficient (Wildman–Crippen LogP) is 1.45. The van der Waals surface area contributed by atoms with E-state index in [0.29, 0.717) is 6.08 Å². The molecule has 0 aromatic carbocycles. The largest absolute Gasteiger partial charge is 0.430 e. The summed E-state index contributed by atoms with van der Waals surface area (Å²) in [5.74, 6) is -7.69. The molecule has 1 unspecified atom stereocenters. The number of ketones is 2. The Morgan fingerprint density at radius 3 is 2.00 bits per heavy atom. The number of halogens is 6. The van der Waals surface area contributed by atoms with Gasteiger partial charge < -0.3 is 9.84 Å². The highest BCUT2D eigenvalue weighted by Crippen LogP contribution is 2.45. The Morgan fingerprint density at radius 2 is 1.64 bits per heavy atom. The third-order valence-corrected chi connectivity index (χ3v) is 2.82. The van der Waals surface area contributed by atoms with Crippen LogP contribution in [0.2, 0.25) is 0 Å². The van der Waals surface area contributed by atoms with E-state index >= 15 is 0 Å². The summed E-state index contributed by atoms with van der Waals surface area (Å²) in [6.07, 6.45) is -14.4. The molecule has 1 heterocycles. The van der Waals surface area contributed by atoms with Gasteiger partial charge in [-0.25, -0.2) is 0 Å². The van der Waals surface area contributed by atoms with Crippen molar-refractivity contribution in [3.63, 3.8) is 0 Å². The minimum atomic E-state index is -6.23. The van der Waals surface area contributed by atoms with Gasteiger partial charge in [-0.2, -0.15) is 26.3 Å². The fraction of sp³-hybridized carbons (Fsp3) is 0.545. The van der Waals surface area contributed by atoms with Crippen molar-refractivity contribution >= 4 is 17.5 Å². The van der Waals surface area contributed by atoms with Crippen LogP contribution in [0.5, 0.6) is 0 Å². The first-order valence-corrected chi connectivity index (χ1v) is 5.53. The van der Waals surface area contributed by atoms with Crippen LogP contribution < -0.4 is 0 Å². The van der Waals surface area contributed by atoms with Crippen molar-refractivity contribution in [2.75, 3.05) is 0 Å². The van der Waals surface area contributed by atoms with Gasteiger partial charge in [-0.05, 0) is 6.92 Å². The van der Waals surface area contributed by atoms with E-state index in [1.165, 1.54) is 0 Å². The van der Waals surface area contributed by atoms with Crippen molar-refractivity contribution in [3.8, 4) is 0 Å². The normalized spacial score (nSPS) is 20.5.